The maximum absolute atomic E-state index is 13.4. The SMILES string of the molecule is CO[C@@]12CC[C@@]3(C[C@@H]1[C@](C)(O)C(C)(C)C)C1Cc4ccc(OC(=O)CCCCOC(=O)CC(C)C(=O)OC(COC(C)=O)COC(C)=O)c5c4[C@@]3(CCN1CC1CC1)[C@H]2O5. The fourth-order valence-electron chi connectivity index (χ4n) is 11.6. The van der Waals surface area contributed by atoms with E-state index in [2.05, 4.69) is 31.7 Å². The standard InChI is InChI=1S/C46H65NO13/c1-27(40(52)58-32(25-56-28(2)48)26-57-29(3)49)21-37(51)55-20-10-9-11-36(50)59-33-15-14-31-22-35-44-16-17-46(54-8,34(23-44)43(7,53)42(4,5)6)41-45(44,38(31)39(33)60-41)18-19-47(35)24-30-12-13-30/h14-15,27,30,32,34-35,41,53H,9-13,16-26H2,1-8H3/t27?,34-,35?,41-,43+,44-,45+,46+/m1/s1. The van der Waals surface area contributed by atoms with Crippen LogP contribution in [0.1, 0.15) is 124 Å². The highest BCUT2D eigenvalue weighted by atomic mass is 16.6. The van der Waals surface area contributed by atoms with Crippen LogP contribution in [0.2, 0.25) is 0 Å². The fourth-order valence-corrected chi connectivity index (χ4v) is 11.6. The first kappa shape index (κ1) is 44.3. The Morgan fingerprint density at radius 2 is 1.65 bits per heavy atom. The van der Waals surface area contributed by atoms with E-state index >= 15 is 0 Å². The van der Waals surface area contributed by atoms with Crippen molar-refractivity contribution in [3.05, 3.63) is 23.3 Å². The van der Waals surface area contributed by atoms with E-state index in [-0.39, 0.29) is 55.5 Å². The quantitative estimate of drug-likeness (QED) is 0.0863. The summed E-state index contributed by atoms with van der Waals surface area (Å²) >= 11 is 0. The van der Waals surface area contributed by atoms with Crippen molar-refractivity contribution in [2.45, 2.75) is 154 Å². The van der Waals surface area contributed by atoms with Gasteiger partial charge >= 0.3 is 29.8 Å². The minimum absolute atomic E-state index is 0.0481. The number of rotatable bonds is 18. The molecule has 0 aromatic heterocycles. The molecule has 60 heavy (non-hydrogen) atoms. The van der Waals surface area contributed by atoms with E-state index in [1.807, 2.05) is 13.0 Å². The van der Waals surface area contributed by atoms with Crippen LogP contribution in [-0.4, -0.2) is 109 Å². The lowest BCUT2D eigenvalue weighted by Gasteiger charge is -2.75. The minimum Gasteiger partial charge on any atom is -0.482 e. The molecule has 1 N–H and O–H groups in total. The highest BCUT2D eigenvalue weighted by molar-refractivity contribution is 5.80. The number of unbranched alkanes of at least 4 members (excludes halogenated alkanes) is 1. The molecule has 332 valence electrons. The van der Waals surface area contributed by atoms with Gasteiger partial charge in [0.05, 0.1) is 24.5 Å². The van der Waals surface area contributed by atoms with Gasteiger partial charge in [-0.3, -0.25) is 28.9 Å². The average molecular weight is 840 g/mol. The van der Waals surface area contributed by atoms with Crippen molar-refractivity contribution in [2.75, 3.05) is 40.0 Å². The van der Waals surface area contributed by atoms with Crippen molar-refractivity contribution in [3.63, 3.8) is 0 Å². The summed E-state index contributed by atoms with van der Waals surface area (Å²) in [5.41, 5.74) is -0.180. The minimum atomic E-state index is -1.04. The highest BCUT2D eigenvalue weighted by Crippen LogP contribution is 2.78. The zero-order valence-corrected chi connectivity index (χ0v) is 36.7. The molecule has 5 fully saturated rings. The zero-order chi connectivity index (χ0) is 43.4. The number of likely N-dealkylation sites (tertiary alicyclic amines) is 1. The first-order valence-electron chi connectivity index (χ1n) is 22.0. The van der Waals surface area contributed by atoms with Crippen molar-refractivity contribution in [1.29, 1.82) is 0 Å². The first-order chi connectivity index (χ1) is 28.3. The molecule has 1 aromatic carbocycles. The molecule has 2 aliphatic heterocycles. The largest absolute Gasteiger partial charge is 0.482 e. The van der Waals surface area contributed by atoms with Crippen molar-refractivity contribution in [2.24, 2.45) is 28.6 Å². The van der Waals surface area contributed by atoms with Crippen LogP contribution in [0.5, 0.6) is 11.5 Å². The molecule has 4 bridgehead atoms. The number of hydrogen-bond acceptors (Lipinski definition) is 14. The van der Waals surface area contributed by atoms with Gasteiger partial charge < -0.3 is 38.3 Å². The van der Waals surface area contributed by atoms with Gasteiger partial charge in [-0.25, -0.2) is 0 Å². The van der Waals surface area contributed by atoms with E-state index in [9.17, 15) is 29.1 Å². The predicted octanol–water partition coefficient (Wildman–Crippen LogP) is 5.39. The molecule has 4 saturated carbocycles. The van der Waals surface area contributed by atoms with Gasteiger partial charge in [0.2, 0.25) is 0 Å². The van der Waals surface area contributed by atoms with Crippen LogP contribution < -0.4 is 9.47 Å². The lowest BCUT2D eigenvalue weighted by atomic mass is 9.33. The van der Waals surface area contributed by atoms with Crippen LogP contribution in [0.4, 0.5) is 0 Å². The van der Waals surface area contributed by atoms with Crippen molar-refractivity contribution in [3.8, 4) is 11.5 Å². The van der Waals surface area contributed by atoms with Gasteiger partial charge in [0, 0.05) is 62.3 Å². The van der Waals surface area contributed by atoms with Crippen LogP contribution in [0, 0.1) is 28.6 Å². The topological polar surface area (TPSA) is 173 Å². The second-order valence-electron chi connectivity index (χ2n) is 19.7. The number of ether oxygens (including phenoxy) is 7. The van der Waals surface area contributed by atoms with Crippen LogP contribution in [0.15, 0.2) is 12.1 Å². The summed E-state index contributed by atoms with van der Waals surface area (Å²) in [7, 11) is 1.78. The Hall–Kier alpha value is -3.75. The molecule has 7 aliphatic rings. The van der Waals surface area contributed by atoms with Crippen LogP contribution in [-0.2, 0) is 59.5 Å². The molecule has 8 rings (SSSR count). The van der Waals surface area contributed by atoms with Gasteiger partial charge in [0.25, 0.3) is 0 Å². The normalized spacial score (nSPS) is 30.1. The summed E-state index contributed by atoms with van der Waals surface area (Å²) in [5, 5.41) is 12.5. The third-order valence-electron chi connectivity index (χ3n) is 15.2. The van der Waals surface area contributed by atoms with E-state index in [0.717, 1.165) is 51.1 Å². The molecule has 14 heteroatoms. The maximum atomic E-state index is 13.4. The van der Waals surface area contributed by atoms with Gasteiger partial charge in [-0.2, -0.15) is 0 Å². The molecule has 1 saturated heterocycles. The maximum Gasteiger partial charge on any atom is 0.311 e. The molecule has 0 radical (unpaired) electrons. The predicted molar refractivity (Wildman–Crippen MR) is 216 cm³/mol. The molecule has 2 heterocycles. The Morgan fingerprint density at radius 1 is 0.950 bits per heavy atom. The van der Waals surface area contributed by atoms with Crippen LogP contribution in [0.3, 0.4) is 0 Å². The number of carbonyl (C=O) groups excluding carboxylic acids is 5. The Labute approximate surface area is 353 Å². The van der Waals surface area contributed by atoms with E-state index in [1.54, 1.807) is 7.11 Å². The third-order valence-corrected chi connectivity index (χ3v) is 15.2. The zero-order valence-electron chi connectivity index (χ0n) is 36.7. The summed E-state index contributed by atoms with van der Waals surface area (Å²) in [6.07, 6.45) is 6.36. The Bertz CT molecular complexity index is 1830. The fraction of sp³-hybridized carbons (Fsp3) is 0.761. The second kappa shape index (κ2) is 16.5. The van der Waals surface area contributed by atoms with Gasteiger partial charge in [-0.15, -0.1) is 0 Å². The molecule has 2 spiro atoms. The lowest BCUT2D eigenvalue weighted by molar-refractivity contribution is -0.312. The summed E-state index contributed by atoms with van der Waals surface area (Å²) in [5.74, 6) is -2.14. The Morgan fingerprint density at radius 3 is 2.28 bits per heavy atom. The highest BCUT2D eigenvalue weighted by Gasteiger charge is 2.82. The Kier molecular flexibility index (Phi) is 12.2. The Balaban J connectivity index is 0.991. The number of carbonyl (C=O) groups is 5. The van der Waals surface area contributed by atoms with E-state index in [0.29, 0.717) is 30.4 Å². The number of piperidine rings is 1. The summed E-state index contributed by atoms with van der Waals surface area (Å²) < 4.78 is 40.5. The first-order valence-corrected chi connectivity index (χ1v) is 22.0. The van der Waals surface area contributed by atoms with Gasteiger partial charge in [-0.1, -0.05) is 33.8 Å². The van der Waals surface area contributed by atoms with Crippen LogP contribution in [0.25, 0.3) is 0 Å². The molecule has 5 aliphatic carbocycles. The van der Waals surface area contributed by atoms with Gasteiger partial charge in [-0.05, 0) is 94.2 Å². The number of fused-ring (bicyclic) bond motifs is 2. The van der Waals surface area contributed by atoms with Crippen LogP contribution >= 0.6 is 0 Å². The third kappa shape index (κ3) is 7.71. The van der Waals surface area contributed by atoms with Gasteiger partial charge in [0.1, 0.15) is 24.9 Å². The van der Waals surface area contributed by atoms with Crippen molar-refractivity contribution < 1.29 is 62.2 Å². The molecule has 2 unspecified atom stereocenters. The molecular formula is C46H65NO13. The number of esters is 5. The molecule has 0 amide bonds. The summed E-state index contributed by atoms with van der Waals surface area (Å²) in [6.45, 7) is 13.8. The van der Waals surface area contributed by atoms with Crippen molar-refractivity contribution >= 4 is 29.8 Å². The molecule has 1 aromatic rings. The molecule has 8 atom stereocenters. The number of hydrogen-bond donors (Lipinski definition) is 1. The lowest BCUT2D eigenvalue weighted by Crippen LogP contribution is -2.83. The molecular weight excluding hydrogens is 774 g/mol. The van der Waals surface area contributed by atoms with E-state index < -0.39 is 58.5 Å². The molecule has 14 nitrogen and oxygen atoms in total. The van der Waals surface area contributed by atoms with E-state index in [1.165, 1.54) is 44.7 Å². The monoisotopic (exact) mass is 839 g/mol. The van der Waals surface area contributed by atoms with Crippen molar-refractivity contribution in [1.82, 2.24) is 4.90 Å². The number of methoxy groups -OCH3 is 1. The number of nitrogens with zero attached hydrogens (tertiary/aromatic N) is 1. The summed E-state index contributed by atoms with van der Waals surface area (Å²) in [4.78, 5) is 63.8. The van der Waals surface area contributed by atoms with Gasteiger partial charge in [0.15, 0.2) is 17.6 Å². The summed E-state index contributed by atoms with van der Waals surface area (Å²) in [6, 6.07) is 4.34. The van der Waals surface area contributed by atoms with E-state index in [4.69, 9.17) is 33.2 Å². The number of aliphatic hydroxyl groups is 1. The number of benzene rings is 1. The second-order valence-corrected chi connectivity index (χ2v) is 19.7. The smallest absolute Gasteiger partial charge is 0.311 e. The average Bonchev–Trinajstić information content (AvgIpc) is 3.93.